The molecule has 1 heterocycles. The molecule has 56 valence electrons. The van der Waals surface area contributed by atoms with E-state index >= 15 is 0 Å². The van der Waals surface area contributed by atoms with Gasteiger partial charge in [0.15, 0.2) is 0 Å². The molecule has 0 fully saturated rings. The van der Waals surface area contributed by atoms with E-state index in [4.69, 9.17) is 9.84 Å². The number of allylic oxidation sites excluding steroid dienone is 1. The monoisotopic (exact) mass is 142 g/mol. The van der Waals surface area contributed by atoms with E-state index in [2.05, 4.69) is 0 Å². The van der Waals surface area contributed by atoms with Gasteiger partial charge in [0.05, 0.1) is 12.2 Å². The summed E-state index contributed by atoms with van der Waals surface area (Å²) in [4.78, 5) is 10.5. The standard InChI is InChI=1S/C7H10O3/c1-4-3-10-5(2)6(4)7(8)9/h4H,3H2,1-2H3,(H,8,9). The van der Waals surface area contributed by atoms with Gasteiger partial charge in [-0.05, 0) is 6.92 Å². The molecule has 10 heavy (non-hydrogen) atoms. The van der Waals surface area contributed by atoms with Crippen LogP contribution in [0.3, 0.4) is 0 Å². The van der Waals surface area contributed by atoms with Crippen molar-refractivity contribution in [2.45, 2.75) is 13.8 Å². The summed E-state index contributed by atoms with van der Waals surface area (Å²) in [5.74, 6) is -0.264. The Hall–Kier alpha value is -0.990. The average Bonchev–Trinajstić information content (AvgIpc) is 2.11. The van der Waals surface area contributed by atoms with E-state index in [0.717, 1.165) is 0 Å². The van der Waals surface area contributed by atoms with Crippen LogP contribution in [0.2, 0.25) is 0 Å². The van der Waals surface area contributed by atoms with E-state index in [0.29, 0.717) is 17.9 Å². The van der Waals surface area contributed by atoms with Gasteiger partial charge in [-0.2, -0.15) is 0 Å². The van der Waals surface area contributed by atoms with Crippen LogP contribution in [0, 0.1) is 5.92 Å². The zero-order valence-electron chi connectivity index (χ0n) is 6.05. The first-order valence-corrected chi connectivity index (χ1v) is 3.19. The van der Waals surface area contributed by atoms with Crippen LogP contribution in [-0.2, 0) is 9.53 Å². The van der Waals surface area contributed by atoms with E-state index in [1.54, 1.807) is 6.92 Å². The van der Waals surface area contributed by atoms with Crippen molar-refractivity contribution in [2.75, 3.05) is 6.61 Å². The van der Waals surface area contributed by atoms with E-state index in [9.17, 15) is 4.79 Å². The van der Waals surface area contributed by atoms with Gasteiger partial charge < -0.3 is 9.84 Å². The second kappa shape index (κ2) is 2.33. The van der Waals surface area contributed by atoms with Gasteiger partial charge in [0, 0.05) is 5.92 Å². The molecule has 3 heteroatoms. The lowest BCUT2D eigenvalue weighted by Crippen LogP contribution is -2.08. The Balaban J connectivity index is 2.88. The van der Waals surface area contributed by atoms with Crippen molar-refractivity contribution in [3.05, 3.63) is 11.3 Å². The number of carbonyl (C=O) groups is 1. The Kier molecular flexibility index (Phi) is 1.66. The summed E-state index contributed by atoms with van der Waals surface area (Å²) >= 11 is 0. The quantitative estimate of drug-likeness (QED) is 0.594. The number of carboxylic acids is 1. The molecule has 1 N–H and O–H groups in total. The van der Waals surface area contributed by atoms with E-state index in [1.165, 1.54) is 0 Å². The number of carboxylic acid groups (broad SMARTS) is 1. The van der Waals surface area contributed by atoms with Gasteiger partial charge in [-0.25, -0.2) is 4.79 Å². The van der Waals surface area contributed by atoms with Crippen LogP contribution in [-0.4, -0.2) is 17.7 Å². The molecule has 1 atom stereocenters. The highest BCUT2D eigenvalue weighted by atomic mass is 16.5. The van der Waals surface area contributed by atoms with Crippen LogP contribution >= 0.6 is 0 Å². The zero-order valence-corrected chi connectivity index (χ0v) is 6.05. The number of ether oxygens (including phenoxy) is 1. The zero-order chi connectivity index (χ0) is 7.72. The number of hydrogen-bond donors (Lipinski definition) is 1. The highest BCUT2D eigenvalue weighted by Crippen LogP contribution is 2.24. The minimum atomic E-state index is -0.859. The van der Waals surface area contributed by atoms with Gasteiger partial charge in [0.1, 0.15) is 5.76 Å². The minimum absolute atomic E-state index is 0.0394. The third-order valence-electron chi connectivity index (χ3n) is 1.65. The molecule has 0 spiro atoms. The van der Waals surface area contributed by atoms with Crippen LogP contribution < -0.4 is 0 Å². The number of aliphatic carboxylic acids is 1. The highest BCUT2D eigenvalue weighted by Gasteiger charge is 2.26. The maximum absolute atomic E-state index is 10.5. The van der Waals surface area contributed by atoms with Crippen LogP contribution in [0.25, 0.3) is 0 Å². The molecule has 0 amide bonds. The second-order valence-electron chi connectivity index (χ2n) is 2.49. The Morgan fingerprint density at radius 1 is 1.80 bits per heavy atom. The second-order valence-corrected chi connectivity index (χ2v) is 2.49. The summed E-state index contributed by atoms with van der Waals surface area (Å²) in [6.07, 6.45) is 0. The molecule has 0 aromatic carbocycles. The normalized spacial score (nSPS) is 24.8. The predicted molar refractivity (Wildman–Crippen MR) is 35.5 cm³/mol. The largest absolute Gasteiger partial charge is 0.497 e. The van der Waals surface area contributed by atoms with Gasteiger partial charge >= 0.3 is 5.97 Å². The fourth-order valence-corrected chi connectivity index (χ4v) is 1.12. The SMILES string of the molecule is CC1=C(C(=O)O)C(C)CO1. The molecule has 0 aromatic rings. The molecule has 1 aliphatic heterocycles. The lowest BCUT2D eigenvalue weighted by Gasteiger charge is -1.98. The summed E-state index contributed by atoms with van der Waals surface area (Å²) in [5, 5.41) is 8.62. The molecule has 0 radical (unpaired) electrons. The van der Waals surface area contributed by atoms with Crippen LogP contribution in [0.5, 0.6) is 0 Å². The van der Waals surface area contributed by atoms with E-state index in [-0.39, 0.29) is 5.92 Å². The first kappa shape index (κ1) is 7.12. The maximum atomic E-state index is 10.5. The molecule has 0 saturated heterocycles. The van der Waals surface area contributed by atoms with Crippen molar-refractivity contribution in [1.82, 2.24) is 0 Å². The first-order chi connectivity index (χ1) is 4.63. The van der Waals surface area contributed by atoms with Gasteiger partial charge in [-0.15, -0.1) is 0 Å². The maximum Gasteiger partial charge on any atom is 0.335 e. The van der Waals surface area contributed by atoms with Gasteiger partial charge in [0.25, 0.3) is 0 Å². The first-order valence-electron chi connectivity index (χ1n) is 3.19. The highest BCUT2D eigenvalue weighted by molar-refractivity contribution is 5.88. The molecule has 0 bridgehead atoms. The lowest BCUT2D eigenvalue weighted by atomic mass is 10.0. The van der Waals surface area contributed by atoms with Gasteiger partial charge in [-0.1, -0.05) is 6.92 Å². The molecule has 1 aliphatic rings. The topological polar surface area (TPSA) is 46.5 Å². The van der Waals surface area contributed by atoms with Gasteiger partial charge in [-0.3, -0.25) is 0 Å². The Morgan fingerprint density at radius 3 is 2.60 bits per heavy atom. The van der Waals surface area contributed by atoms with Crippen molar-refractivity contribution in [3.8, 4) is 0 Å². The third kappa shape index (κ3) is 0.988. The summed E-state index contributed by atoms with van der Waals surface area (Å²) in [5.41, 5.74) is 0.417. The molecule has 1 unspecified atom stereocenters. The molecule has 0 aromatic heterocycles. The van der Waals surface area contributed by atoms with Crippen molar-refractivity contribution < 1.29 is 14.6 Å². The predicted octanol–water partition coefficient (Wildman–Crippen LogP) is 1.01. The molecule has 1 rings (SSSR count). The summed E-state index contributed by atoms with van der Waals surface area (Å²) < 4.78 is 5.04. The van der Waals surface area contributed by atoms with Crippen molar-refractivity contribution >= 4 is 5.97 Å². The fourth-order valence-electron chi connectivity index (χ4n) is 1.12. The Morgan fingerprint density at radius 2 is 2.40 bits per heavy atom. The Bertz CT molecular complexity index is 193. The summed E-state index contributed by atoms with van der Waals surface area (Å²) in [6.45, 7) is 4.04. The third-order valence-corrected chi connectivity index (χ3v) is 1.65. The van der Waals surface area contributed by atoms with Crippen molar-refractivity contribution in [2.24, 2.45) is 5.92 Å². The molecular formula is C7H10O3. The molecule has 0 saturated carbocycles. The smallest absolute Gasteiger partial charge is 0.335 e. The van der Waals surface area contributed by atoms with Crippen LogP contribution in [0.15, 0.2) is 11.3 Å². The van der Waals surface area contributed by atoms with Crippen LogP contribution in [0.1, 0.15) is 13.8 Å². The molecule has 3 nitrogen and oxygen atoms in total. The fraction of sp³-hybridized carbons (Fsp3) is 0.571. The molecular weight excluding hydrogens is 132 g/mol. The minimum Gasteiger partial charge on any atom is -0.497 e. The van der Waals surface area contributed by atoms with Crippen LogP contribution in [0.4, 0.5) is 0 Å². The average molecular weight is 142 g/mol. The number of hydrogen-bond acceptors (Lipinski definition) is 2. The summed E-state index contributed by atoms with van der Waals surface area (Å²) in [7, 11) is 0. The van der Waals surface area contributed by atoms with Crippen molar-refractivity contribution in [1.29, 1.82) is 0 Å². The Labute approximate surface area is 59.3 Å². The van der Waals surface area contributed by atoms with Crippen molar-refractivity contribution in [3.63, 3.8) is 0 Å². The number of rotatable bonds is 1. The molecule has 0 aliphatic carbocycles. The summed E-state index contributed by atoms with van der Waals surface area (Å²) in [6, 6.07) is 0. The van der Waals surface area contributed by atoms with Gasteiger partial charge in [0.2, 0.25) is 0 Å². The van der Waals surface area contributed by atoms with E-state index in [1.807, 2.05) is 6.92 Å². The van der Waals surface area contributed by atoms with E-state index < -0.39 is 5.97 Å². The lowest BCUT2D eigenvalue weighted by molar-refractivity contribution is -0.133.